The summed E-state index contributed by atoms with van der Waals surface area (Å²) in [5, 5.41) is 0. The van der Waals surface area contributed by atoms with Crippen molar-refractivity contribution in [3.63, 3.8) is 0 Å². The molecule has 82 valence electrons. The first-order valence-corrected chi connectivity index (χ1v) is 5.23. The lowest BCUT2D eigenvalue weighted by atomic mass is 9.83. The van der Waals surface area contributed by atoms with E-state index in [1.807, 2.05) is 6.92 Å². The second-order valence-electron chi connectivity index (χ2n) is 4.43. The maximum Gasteiger partial charge on any atom is 0.124 e. The van der Waals surface area contributed by atoms with Crippen molar-refractivity contribution >= 4 is 7.85 Å². The molecule has 1 saturated carbocycles. The van der Waals surface area contributed by atoms with Crippen molar-refractivity contribution in [2.24, 2.45) is 5.92 Å². The first-order chi connectivity index (χ1) is 7.06. The van der Waals surface area contributed by atoms with Gasteiger partial charge in [0.05, 0.1) is 12.2 Å². The van der Waals surface area contributed by atoms with E-state index >= 15 is 0 Å². The Labute approximate surface area is 92.2 Å². The molecule has 1 heterocycles. The first kappa shape index (κ1) is 11.2. The summed E-state index contributed by atoms with van der Waals surface area (Å²) >= 11 is 0. The third-order valence-electron chi connectivity index (χ3n) is 3.79. The van der Waals surface area contributed by atoms with Gasteiger partial charge in [-0.3, -0.25) is 0 Å². The van der Waals surface area contributed by atoms with Crippen molar-refractivity contribution in [1.29, 1.82) is 0 Å². The van der Waals surface area contributed by atoms with Crippen LogP contribution in [-0.4, -0.2) is 45.9 Å². The molecule has 2 bridgehead atoms. The van der Waals surface area contributed by atoms with E-state index in [0.717, 1.165) is 12.0 Å². The van der Waals surface area contributed by atoms with Crippen LogP contribution in [0, 0.1) is 5.92 Å². The van der Waals surface area contributed by atoms with Gasteiger partial charge >= 0.3 is 0 Å². The maximum absolute atomic E-state index is 5.94. The van der Waals surface area contributed by atoms with E-state index in [0.29, 0.717) is 0 Å². The molecule has 2 aliphatic rings. The molecule has 0 amide bonds. The van der Waals surface area contributed by atoms with Crippen molar-refractivity contribution in [2.75, 3.05) is 14.2 Å². The molecule has 2 radical (unpaired) electrons. The monoisotopic (exact) mass is 208 g/mol. The lowest BCUT2D eigenvalue weighted by Crippen LogP contribution is -2.48. The van der Waals surface area contributed by atoms with Gasteiger partial charge in [0.15, 0.2) is 0 Å². The summed E-state index contributed by atoms with van der Waals surface area (Å²) < 4.78 is 16.7. The van der Waals surface area contributed by atoms with Gasteiger partial charge in [0.2, 0.25) is 0 Å². The number of ether oxygens (including phenoxy) is 3. The van der Waals surface area contributed by atoms with Crippen molar-refractivity contribution in [2.45, 2.75) is 37.2 Å². The van der Waals surface area contributed by atoms with E-state index in [4.69, 9.17) is 22.1 Å². The molecule has 2 rings (SSSR count). The fourth-order valence-electron chi connectivity index (χ4n) is 2.95. The molecule has 2 fully saturated rings. The molecule has 1 aliphatic carbocycles. The Morgan fingerprint density at radius 2 is 2.27 bits per heavy atom. The van der Waals surface area contributed by atoms with Crippen LogP contribution in [0.3, 0.4) is 0 Å². The van der Waals surface area contributed by atoms with Gasteiger partial charge < -0.3 is 14.2 Å². The quantitative estimate of drug-likeness (QED) is 0.508. The van der Waals surface area contributed by atoms with E-state index in [9.17, 15) is 0 Å². The average molecular weight is 208 g/mol. The predicted octanol–water partition coefficient (Wildman–Crippen LogP) is 0.876. The molecule has 5 atom stereocenters. The summed E-state index contributed by atoms with van der Waals surface area (Å²) in [5.74, 6) is 0.104. The fourth-order valence-corrected chi connectivity index (χ4v) is 2.95. The molecule has 0 aromatic carbocycles. The topological polar surface area (TPSA) is 27.7 Å². The standard InChI is InChI=1S/C11H17BO3/c1-6-5-11(7(2)13-3)9(14-4)8(6)10(12)15-11/h7-10H,1,5H2,2-4H3/t7?,8-,9?,10+,11-/m0/s1. The molecule has 0 aromatic heterocycles. The number of rotatable bonds is 3. The van der Waals surface area contributed by atoms with Crippen molar-refractivity contribution in [3.05, 3.63) is 12.2 Å². The van der Waals surface area contributed by atoms with Crippen LogP contribution in [0.25, 0.3) is 0 Å². The maximum atomic E-state index is 5.94. The Bertz CT molecular complexity index is 281. The van der Waals surface area contributed by atoms with E-state index in [1.54, 1.807) is 14.2 Å². The Hall–Kier alpha value is -0.315. The third kappa shape index (κ3) is 1.32. The largest absolute Gasteiger partial charge is 0.379 e. The summed E-state index contributed by atoms with van der Waals surface area (Å²) in [6.45, 7) is 6.04. The van der Waals surface area contributed by atoms with Gasteiger partial charge in [-0.2, -0.15) is 0 Å². The second-order valence-corrected chi connectivity index (χ2v) is 4.43. The highest BCUT2D eigenvalue weighted by Gasteiger charge is 2.63. The second kappa shape index (κ2) is 3.61. The first-order valence-electron chi connectivity index (χ1n) is 5.23. The van der Waals surface area contributed by atoms with Crippen LogP contribution in [0.15, 0.2) is 12.2 Å². The van der Waals surface area contributed by atoms with Crippen LogP contribution >= 0.6 is 0 Å². The molecule has 4 heteroatoms. The zero-order valence-corrected chi connectivity index (χ0v) is 9.53. The molecule has 1 aliphatic heterocycles. The van der Waals surface area contributed by atoms with Crippen LogP contribution in [0.1, 0.15) is 13.3 Å². The zero-order valence-electron chi connectivity index (χ0n) is 9.53. The molecular weight excluding hydrogens is 191 g/mol. The SMILES string of the molecule is [B][C@@H]1O[C@]2(C(C)OC)CC(=C)[C@H]1C2OC. The lowest BCUT2D eigenvalue weighted by molar-refractivity contribution is -0.147. The summed E-state index contributed by atoms with van der Waals surface area (Å²) in [4.78, 5) is 0. The number of fused-ring (bicyclic) bond motifs is 2. The summed E-state index contributed by atoms with van der Waals surface area (Å²) in [7, 11) is 9.30. The molecule has 0 spiro atoms. The van der Waals surface area contributed by atoms with E-state index in [2.05, 4.69) is 6.58 Å². The van der Waals surface area contributed by atoms with Crippen LogP contribution in [0.2, 0.25) is 0 Å². The molecule has 15 heavy (non-hydrogen) atoms. The number of hydrogen-bond donors (Lipinski definition) is 0. The zero-order chi connectivity index (χ0) is 11.2. The highest BCUT2D eigenvalue weighted by atomic mass is 16.6. The van der Waals surface area contributed by atoms with Crippen molar-refractivity contribution in [1.82, 2.24) is 0 Å². The smallest absolute Gasteiger partial charge is 0.124 e. The predicted molar refractivity (Wildman–Crippen MR) is 57.9 cm³/mol. The highest BCUT2D eigenvalue weighted by Crippen LogP contribution is 2.53. The minimum Gasteiger partial charge on any atom is -0.379 e. The molecule has 1 saturated heterocycles. The van der Waals surface area contributed by atoms with Crippen LogP contribution < -0.4 is 0 Å². The Balaban J connectivity index is 2.34. The Morgan fingerprint density at radius 3 is 2.73 bits per heavy atom. The van der Waals surface area contributed by atoms with E-state index < -0.39 is 5.60 Å². The summed E-state index contributed by atoms with van der Waals surface area (Å²) in [6, 6.07) is -0.311. The number of hydrogen-bond acceptors (Lipinski definition) is 3. The average Bonchev–Trinajstić information content (AvgIpc) is 2.64. The van der Waals surface area contributed by atoms with Crippen molar-refractivity contribution in [3.8, 4) is 0 Å². The Kier molecular flexibility index (Phi) is 2.69. The van der Waals surface area contributed by atoms with E-state index in [1.165, 1.54) is 0 Å². The van der Waals surface area contributed by atoms with Gasteiger partial charge in [0, 0.05) is 32.6 Å². The van der Waals surface area contributed by atoms with Crippen LogP contribution in [-0.2, 0) is 14.2 Å². The summed E-state index contributed by atoms with van der Waals surface area (Å²) in [5.41, 5.74) is 0.675. The normalized spacial score (nSPS) is 46.1. The van der Waals surface area contributed by atoms with Crippen LogP contribution in [0.4, 0.5) is 0 Å². The molecule has 2 unspecified atom stereocenters. The van der Waals surface area contributed by atoms with Crippen LogP contribution in [0.5, 0.6) is 0 Å². The lowest BCUT2D eigenvalue weighted by Gasteiger charge is -2.36. The van der Waals surface area contributed by atoms with Gasteiger partial charge in [0.1, 0.15) is 13.4 Å². The van der Waals surface area contributed by atoms with Gasteiger partial charge in [-0.15, -0.1) is 0 Å². The minimum atomic E-state index is -0.440. The van der Waals surface area contributed by atoms with Gasteiger partial charge in [-0.25, -0.2) is 0 Å². The molecule has 3 nitrogen and oxygen atoms in total. The van der Waals surface area contributed by atoms with Gasteiger partial charge in [-0.05, 0) is 6.92 Å². The minimum absolute atomic E-state index is 0.0325. The highest BCUT2D eigenvalue weighted by molar-refractivity contribution is 6.11. The fraction of sp³-hybridized carbons (Fsp3) is 0.818. The van der Waals surface area contributed by atoms with E-state index in [-0.39, 0.29) is 24.1 Å². The number of methoxy groups -OCH3 is 2. The van der Waals surface area contributed by atoms with Gasteiger partial charge in [0.25, 0.3) is 0 Å². The van der Waals surface area contributed by atoms with Gasteiger partial charge in [-0.1, -0.05) is 12.2 Å². The molecule has 0 N–H and O–H groups in total. The summed E-state index contributed by atoms with van der Waals surface area (Å²) in [6.07, 6.45) is 0.700. The third-order valence-corrected chi connectivity index (χ3v) is 3.79. The molecular formula is C11H17BO3. The Morgan fingerprint density at radius 1 is 1.60 bits per heavy atom. The van der Waals surface area contributed by atoms with Crippen molar-refractivity contribution < 1.29 is 14.2 Å². The molecule has 0 aromatic rings.